The summed E-state index contributed by atoms with van der Waals surface area (Å²) < 4.78 is 12.6. The normalized spacial score (nSPS) is 10.9. The molecule has 0 heterocycles. The lowest BCUT2D eigenvalue weighted by atomic mass is 10.2. The molecule has 14 heavy (non-hydrogen) atoms. The van der Waals surface area contributed by atoms with Crippen molar-refractivity contribution in [3.8, 4) is 0 Å². The van der Waals surface area contributed by atoms with Crippen molar-refractivity contribution in [1.29, 1.82) is 0 Å². The standard InChI is InChI=1S/C12H18FN.2H2/c1-3-9-14(4-2)10-11-5-7-12(13)8-6-11;;/h5-8H,3-4,9-10H2,1-2H3;2*1H. The number of benzene rings is 1. The molecule has 0 unspecified atom stereocenters. The van der Waals surface area contributed by atoms with Crippen LogP contribution in [0.4, 0.5) is 4.39 Å². The molecule has 1 rings (SSSR count). The van der Waals surface area contributed by atoms with Crippen LogP contribution in [0.25, 0.3) is 0 Å². The van der Waals surface area contributed by atoms with Gasteiger partial charge in [-0.25, -0.2) is 4.39 Å². The lowest BCUT2D eigenvalue weighted by molar-refractivity contribution is 0.280. The van der Waals surface area contributed by atoms with Gasteiger partial charge in [-0.2, -0.15) is 0 Å². The summed E-state index contributed by atoms with van der Waals surface area (Å²) in [6.45, 7) is 7.40. The Morgan fingerprint density at radius 3 is 2.36 bits per heavy atom. The van der Waals surface area contributed by atoms with Crippen LogP contribution in [-0.4, -0.2) is 18.0 Å². The van der Waals surface area contributed by atoms with Gasteiger partial charge >= 0.3 is 0 Å². The first kappa shape index (κ1) is 11.2. The molecule has 0 aliphatic rings. The SMILES string of the molecule is CCCN(CC)Cc1ccc(F)cc1.[HH].[HH]. The zero-order chi connectivity index (χ0) is 10.4. The topological polar surface area (TPSA) is 3.24 Å². The fourth-order valence-corrected chi connectivity index (χ4v) is 1.51. The molecule has 2 heteroatoms. The average molecular weight is 199 g/mol. The molecule has 0 aliphatic heterocycles. The molecular weight excluding hydrogens is 177 g/mol. The maximum absolute atomic E-state index is 12.6. The van der Waals surface area contributed by atoms with Gasteiger partial charge in [0.2, 0.25) is 0 Å². The monoisotopic (exact) mass is 199 g/mol. The Hall–Kier alpha value is -0.890. The third-order valence-corrected chi connectivity index (χ3v) is 2.31. The largest absolute Gasteiger partial charge is 0.299 e. The summed E-state index contributed by atoms with van der Waals surface area (Å²) >= 11 is 0. The highest BCUT2D eigenvalue weighted by molar-refractivity contribution is 5.15. The van der Waals surface area contributed by atoms with Crippen LogP contribution < -0.4 is 0 Å². The lowest BCUT2D eigenvalue weighted by Crippen LogP contribution is -2.23. The van der Waals surface area contributed by atoms with E-state index >= 15 is 0 Å². The van der Waals surface area contributed by atoms with Crippen LogP contribution in [0.15, 0.2) is 24.3 Å². The molecule has 0 N–H and O–H groups in total. The van der Waals surface area contributed by atoms with E-state index < -0.39 is 0 Å². The lowest BCUT2D eigenvalue weighted by Gasteiger charge is -2.19. The minimum absolute atomic E-state index is 0. The smallest absolute Gasteiger partial charge is 0.123 e. The summed E-state index contributed by atoms with van der Waals surface area (Å²) in [5.74, 6) is -0.160. The molecular formula is C12H22FN. The Labute approximate surface area is 88.5 Å². The molecule has 0 saturated heterocycles. The first-order valence-corrected chi connectivity index (χ1v) is 5.23. The van der Waals surface area contributed by atoms with E-state index in [0.29, 0.717) is 0 Å². The minimum atomic E-state index is -0.160. The maximum Gasteiger partial charge on any atom is 0.123 e. The summed E-state index contributed by atoms with van der Waals surface area (Å²) in [6, 6.07) is 6.76. The summed E-state index contributed by atoms with van der Waals surface area (Å²) in [7, 11) is 0. The van der Waals surface area contributed by atoms with E-state index in [1.54, 1.807) is 0 Å². The van der Waals surface area contributed by atoms with Crippen molar-refractivity contribution >= 4 is 0 Å². The van der Waals surface area contributed by atoms with Crippen LogP contribution in [0.1, 0.15) is 28.7 Å². The zero-order valence-electron chi connectivity index (χ0n) is 8.96. The van der Waals surface area contributed by atoms with Gasteiger partial charge in [0, 0.05) is 9.40 Å². The van der Waals surface area contributed by atoms with E-state index in [1.807, 2.05) is 12.1 Å². The Morgan fingerprint density at radius 2 is 1.86 bits per heavy atom. The van der Waals surface area contributed by atoms with Crippen molar-refractivity contribution in [3.05, 3.63) is 35.6 Å². The van der Waals surface area contributed by atoms with Crippen LogP contribution in [0.2, 0.25) is 0 Å². The van der Waals surface area contributed by atoms with Gasteiger partial charge in [-0.05, 0) is 37.2 Å². The summed E-state index contributed by atoms with van der Waals surface area (Å²) in [6.07, 6.45) is 1.16. The molecule has 0 saturated carbocycles. The molecule has 0 aliphatic carbocycles. The van der Waals surface area contributed by atoms with Crippen LogP contribution in [-0.2, 0) is 6.54 Å². The van der Waals surface area contributed by atoms with Crippen molar-refractivity contribution in [1.82, 2.24) is 4.90 Å². The number of hydrogen-bond acceptors (Lipinski definition) is 1. The molecule has 0 fully saturated rings. The van der Waals surface area contributed by atoms with Crippen molar-refractivity contribution in [3.63, 3.8) is 0 Å². The molecule has 0 spiro atoms. The molecule has 82 valence electrons. The number of halogens is 1. The third-order valence-electron chi connectivity index (χ3n) is 2.31. The summed E-state index contributed by atoms with van der Waals surface area (Å²) in [5.41, 5.74) is 1.18. The second-order valence-electron chi connectivity index (χ2n) is 3.50. The van der Waals surface area contributed by atoms with Crippen molar-refractivity contribution < 1.29 is 7.24 Å². The van der Waals surface area contributed by atoms with Crippen LogP contribution in [0.3, 0.4) is 0 Å². The Bertz CT molecular complexity index is 264. The second-order valence-corrected chi connectivity index (χ2v) is 3.50. The molecule has 0 radical (unpaired) electrons. The second kappa shape index (κ2) is 5.76. The van der Waals surface area contributed by atoms with E-state index in [2.05, 4.69) is 18.7 Å². The van der Waals surface area contributed by atoms with Gasteiger partial charge < -0.3 is 0 Å². The van der Waals surface area contributed by atoms with Crippen LogP contribution in [0.5, 0.6) is 0 Å². The first-order valence-electron chi connectivity index (χ1n) is 5.23. The van der Waals surface area contributed by atoms with Gasteiger partial charge in [-0.1, -0.05) is 26.0 Å². The molecule has 0 amide bonds. The molecule has 1 nitrogen and oxygen atoms in total. The van der Waals surface area contributed by atoms with Gasteiger partial charge in [-0.3, -0.25) is 4.90 Å². The van der Waals surface area contributed by atoms with E-state index in [4.69, 9.17) is 0 Å². The van der Waals surface area contributed by atoms with Gasteiger partial charge in [0.25, 0.3) is 0 Å². The van der Waals surface area contributed by atoms with E-state index in [9.17, 15) is 4.39 Å². The average Bonchev–Trinajstić information content (AvgIpc) is 2.20. The fraction of sp³-hybridized carbons (Fsp3) is 0.500. The van der Waals surface area contributed by atoms with E-state index in [1.165, 1.54) is 17.7 Å². The zero-order valence-corrected chi connectivity index (χ0v) is 8.96. The Kier molecular flexibility index (Phi) is 4.60. The highest BCUT2D eigenvalue weighted by Gasteiger charge is 2.01. The Balaban J connectivity index is 0. The van der Waals surface area contributed by atoms with Crippen molar-refractivity contribution in [2.45, 2.75) is 26.8 Å². The highest BCUT2D eigenvalue weighted by atomic mass is 19.1. The van der Waals surface area contributed by atoms with Crippen LogP contribution in [0, 0.1) is 5.82 Å². The summed E-state index contributed by atoms with van der Waals surface area (Å²) in [5, 5.41) is 0. The number of rotatable bonds is 5. The summed E-state index contributed by atoms with van der Waals surface area (Å²) in [4.78, 5) is 2.35. The first-order chi connectivity index (χ1) is 6.76. The molecule has 1 aromatic carbocycles. The van der Waals surface area contributed by atoms with Gasteiger partial charge in [0.15, 0.2) is 0 Å². The predicted octanol–water partition coefficient (Wildman–Crippen LogP) is 3.55. The van der Waals surface area contributed by atoms with Crippen molar-refractivity contribution in [2.75, 3.05) is 13.1 Å². The van der Waals surface area contributed by atoms with Gasteiger partial charge in [0.1, 0.15) is 5.82 Å². The number of hydrogen-bond donors (Lipinski definition) is 0. The minimum Gasteiger partial charge on any atom is -0.299 e. The number of nitrogens with zero attached hydrogens (tertiary/aromatic N) is 1. The van der Waals surface area contributed by atoms with Gasteiger partial charge in [0.05, 0.1) is 0 Å². The maximum atomic E-state index is 12.6. The molecule has 0 atom stereocenters. The predicted molar refractivity (Wildman–Crippen MR) is 61.9 cm³/mol. The molecule has 0 bridgehead atoms. The van der Waals surface area contributed by atoms with E-state index in [-0.39, 0.29) is 8.67 Å². The highest BCUT2D eigenvalue weighted by Crippen LogP contribution is 2.06. The molecule has 1 aromatic rings. The van der Waals surface area contributed by atoms with Crippen molar-refractivity contribution in [2.24, 2.45) is 0 Å². The Morgan fingerprint density at radius 1 is 1.21 bits per heavy atom. The quantitative estimate of drug-likeness (QED) is 0.701. The fourth-order valence-electron chi connectivity index (χ4n) is 1.51. The van der Waals surface area contributed by atoms with E-state index in [0.717, 1.165) is 26.1 Å². The van der Waals surface area contributed by atoms with Crippen LogP contribution >= 0.6 is 0 Å². The molecule has 0 aromatic heterocycles. The van der Waals surface area contributed by atoms with Gasteiger partial charge in [-0.15, -0.1) is 0 Å². The third kappa shape index (κ3) is 3.46.